The first kappa shape index (κ1) is 17.6. The lowest BCUT2D eigenvalue weighted by atomic mass is 10.2. The second-order valence-corrected chi connectivity index (χ2v) is 6.80. The van der Waals surface area contributed by atoms with Gasteiger partial charge in [0.15, 0.2) is 6.10 Å². The molecule has 1 aliphatic heterocycles. The summed E-state index contributed by atoms with van der Waals surface area (Å²) in [4.78, 5) is 16.8. The first-order chi connectivity index (χ1) is 12.0. The molecule has 0 radical (unpaired) electrons. The fourth-order valence-electron chi connectivity index (χ4n) is 2.99. The van der Waals surface area contributed by atoms with E-state index in [1.165, 1.54) is 5.56 Å². The lowest BCUT2D eigenvalue weighted by Gasteiger charge is -2.37. The quantitative estimate of drug-likeness (QED) is 0.834. The maximum atomic E-state index is 12.6. The van der Waals surface area contributed by atoms with Crippen molar-refractivity contribution in [3.63, 3.8) is 0 Å². The molecule has 1 unspecified atom stereocenters. The van der Waals surface area contributed by atoms with E-state index in [1.54, 1.807) is 0 Å². The highest BCUT2D eigenvalue weighted by atomic mass is 35.5. The van der Waals surface area contributed by atoms with Crippen LogP contribution in [0.1, 0.15) is 12.5 Å². The van der Waals surface area contributed by atoms with Gasteiger partial charge in [-0.1, -0.05) is 35.4 Å². The van der Waals surface area contributed by atoms with E-state index < -0.39 is 6.10 Å². The number of anilines is 1. The zero-order valence-corrected chi connectivity index (χ0v) is 15.4. The highest BCUT2D eigenvalue weighted by molar-refractivity contribution is 6.30. The number of amides is 1. The lowest BCUT2D eigenvalue weighted by molar-refractivity contribution is -0.138. The van der Waals surface area contributed by atoms with Gasteiger partial charge in [-0.15, -0.1) is 0 Å². The zero-order valence-electron chi connectivity index (χ0n) is 14.6. The third-order valence-electron chi connectivity index (χ3n) is 4.45. The minimum Gasteiger partial charge on any atom is -0.481 e. The van der Waals surface area contributed by atoms with Crippen molar-refractivity contribution in [2.75, 3.05) is 31.1 Å². The normalized spacial score (nSPS) is 15.8. The molecule has 4 nitrogen and oxygen atoms in total. The van der Waals surface area contributed by atoms with Crippen LogP contribution in [0.15, 0.2) is 48.5 Å². The molecule has 5 heteroatoms. The van der Waals surface area contributed by atoms with E-state index in [0.717, 1.165) is 29.5 Å². The minimum atomic E-state index is -0.486. The number of nitrogens with zero attached hydrogens (tertiary/aromatic N) is 2. The molecule has 25 heavy (non-hydrogen) atoms. The van der Waals surface area contributed by atoms with Gasteiger partial charge in [0.2, 0.25) is 0 Å². The summed E-state index contributed by atoms with van der Waals surface area (Å²) in [6.07, 6.45) is -0.486. The lowest BCUT2D eigenvalue weighted by Crippen LogP contribution is -2.52. The monoisotopic (exact) mass is 358 g/mol. The molecule has 1 amide bonds. The van der Waals surface area contributed by atoms with Crippen molar-refractivity contribution in [2.24, 2.45) is 0 Å². The molecule has 0 bridgehead atoms. The topological polar surface area (TPSA) is 32.8 Å². The number of carbonyl (C=O) groups excluding carboxylic acids is 1. The van der Waals surface area contributed by atoms with Crippen molar-refractivity contribution in [3.8, 4) is 5.75 Å². The number of rotatable bonds is 4. The molecule has 2 aromatic carbocycles. The third kappa shape index (κ3) is 4.45. The molecule has 0 saturated carbocycles. The Morgan fingerprint density at radius 3 is 2.40 bits per heavy atom. The van der Waals surface area contributed by atoms with Crippen LogP contribution in [0.2, 0.25) is 5.02 Å². The Morgan fingerprint density at radius 2 is 1.76 bits per heavy atom. The number of carbonyl (C=O) groups is 1. The molecular weight excluding hydrogens is 336 g/mol. The van der Waals surface area contributed by atoms with Crippen molar-refractivity contribution < 1.29 is 9.53 Å². The van der Waals surface area contributed by atoms with E-state index in [2.05, 4.69) is 4.90 Å². The van der Waals surface area contributed by atoms with Gasteiger partial charge in [-0.25, -0.2) is 0 Å². The Kier molecular flexibility index (Phi) is 5.49. The summed E-state index contributed by atoms with van der Waals surface area (Å²) in [6, 6.07) is 15.6. The Hall–Kier alpha value is -2.20. The van der Waals surface area contributed by atoms with Crippen molar-refractivity contribution >= 4 is 23.2 Å². The number of piperazine rings is 1. The number of hydrogen-bond acceptors (Lipinski definition) is 3. The van der Waals surface area contributed by atoms with Crippen LogP contribution < -0.4 is 9.64 Å². The van der Waals surface area contributed by atoms with E-state index in [1.807, 2.05) is 67.3 Å². The summed E-state index contributed by atoms with van der Waals surface area (Å²) in [5, 5.41) is 0.733. The highest BCUT2D eigenvalue weighted by Crippen LogP contribution is 2.21. The van der Waals surface area contributed by atoms with E-state index in [-0.39, 0.29) is 5.91 Å². The van der Waals surface area contributed by atoms with Gasteiger partial charge in [-0.2, -0.15) is 0 Å². The average Bonchev–Trinajstić information content (AvgIpc) is 2.63. The minimum absolute atomic E-state index is 0.0336. The van der Waals surface area contributed by atoms with Gasteiger partial charge in [-0.3, -0.25) is 4.79 Å². The fraction of sp³-hybridized carbons (Fsp3) is 0.350. The van der Waals surface area contributed by atoms with Crippen LogP contribution in [0.4, 0.5) is 5.69 Å². The second-order valence-electron chi connectivity index (χ2n) is 6.37. The molecule has 2 aromatic rings. The molecule has 132 valence electrons. The van der Waals surface area contributed by atoms with Crippen LogP contribution in [0.5, 0.6) is 5.75 Å². The number of hydrogen-bond donors (Lipinski definition) is 0. The average molecular weight is 359 g/mol. The number of ether oxygens (including phenoxy) is 1. The molecule has 1 atom stereocenters. The van der Waals surface area contributed by atoms with E-state index in [4.69, 9.17) is 16.3 Å². The summed E-state index contributed by atoms with van der Waals surface area (Å²) >= 11 is 6.06. The molecule has 1 fully saturated rings. The predicted octanol–water partition coefficient (Wildman–Crippen LogP) is 3.76. The molecule has 1 aliphatic rings. The Bertz CT molecular complexity index is 725. The smallest absolute Gasteiger partial charge is 0.263 e. The molecule has 0 aromatic heterocycles. The Morgan fingerprint density at radius 1 is 1.08 bits per heavy atom. The van der Waals surface area contributed by atoms with Crippen molar-refractivity contribution in [3.05, 3.63) is 59.1 Å². The summed E-state index contributed by atoms with van der Waals surface area (Å²) in [5.74, 6) is 0.760. The fourth-order valence-corrected chi connectivity index (χ4v) is 3.17. The van der Waals surface area contributed by atoms with Crippen LogP contribution in [0.25, 0.3) is 0 Å². The van der Waals surface area contributed by atoms with E-state index in [9.17, 15) is 4.79 Å². The summed E-state index contributed by atoms with van der Waals surface area (Å²) in [6.45, 7) is 6.80. The maximum absolute atomic E-state index is 12.6. The summed E-state index contributed by atoms with van der Waals surface area (Å²) in [7, 11) is 0. The van der Waals surface area contributed by atoms with Crippen LogP contribution in [0, 0.1) is 6.92 Å². The molecule has 1 saturated heterocycles. The number of halogens is 1. The molecule has 0 spiro atoms. The third-order valence-corrected chi connectivity index (χ3v) is 4.68. The van der Waals surface area contributed by atoms with Gasteiger partial charge in [0.1, 0.15) is 5.75 Å². The first-order valence-electron chi connectivity index (χ1n) is 8.55. The van der Waals surface area contributed by atoms with Crippen LogP contribution in [-0.4, -0.2) is 43.1 Å². The van der Waals surface area contributed by atoms with Crippen molar-refractivity contribution in [1.29, 1.82) is 0 Å². The number of benzene rings is 2. The molecule has 0 N–H and O–H groups in total. The molecule has 0 aliphatic carbocycles. The summed E-state index contributed by atoms with van der Waals surface area (Å²) in [5.41, 5.74) is 2.27. The van der Waals surface area contributed by atoms with Gasteiger partial charge in [0.25, 0.3) is 5.91 Å². The van der Waals surface area contributed by atoms with Crippen molar-refractivity contribution in [1.82, 2.24) is 4.90 Å². The van der Waals surface area contributed by atoms with Crippen LogP contribution in [0.3, 0.4) is 0 Å². The SMILES string of the molecule is Cc1ccc(OC(C)C(=O)N2CCN(c3cccc(Cl)c3)CC2)cc1. The predicted molar refractivity (Wildman–Crippen MR) is 102 cm³/mol. The highest BCUT2D eigenvalue weighted by Gasteiger charge is 2.26. The van der Waals surface area contributed by atoms with E-state index >= 15 is 0 Å². The first-order valence-corrected chi connectivity index (χ1v) is 8.93. The standard InChI is InChI=1S/C20H23ClN2O2/c1-15-6-8-19(9-7-15)25-16(2)20(24)23-12-10-22(11-13-23)18-5-3-4-17(21)14-18/h3-9,14,16H,10-13H2,1-2H3. The maximum Gasteiger partial charge on any atom is 0.263 e. The second kappa shape index (κ2) is 7.79. The zero-order chi connectivity index (χ0) is 17.8. The van der Waals surface area contributed by atoms with Gasteiger partial charge in [0.05, 0.1) is 0 Å². The van der Waals surface area contributed by atoms with Crippen LogP contribution in [-0.2, 0) is 4.79 Å². The molecule has 3 rings (SSSR count). The van der Waals surface area contributed by atoms with Crippen molar-refractivity contribution in [2.45, 2.75) is 20.0 Å². The molecule has 1 heterocycles. The molecular formula is C20H23ClN2O2. The van der Waals surface area contributed by atoms with Gasteiger partial charge in [-0.05, 0) is 44.2 Å². The largest absolute Gasteiger partial charge is 0.481 e. The van der Waals surface area contributed by atoms with Crippen LogP contribution >= 0.6 is 11.6 Å². The number of aryl methyl sites for hydroxylation is 1. The Balaban J connectivity index is 1.54. The Labute approximate surface area is 154 Å². The van der Waals surface area contributed by atoms with E-state index in [0.29, 0.717) is 13.1 Å². The summed E-state index contributed by atoms with van der Waals surface area (Å²) < 4.78 is 5.79. The van der Waals surface area contributed by atoms with Gasteiger partial charge < -0.3 is 14.5 Å². The van der Waals surface area contributed by atoms with Gasteiger partial charge >= 0.3 is 0 Å². The van der Waals surface area contributed by atoms with Gasteiger partial charge in [0, 0.05) is 36.9 Å².